The largest absolute Gasteiger partial charge is 0.486 e. The molecule has 128 valence electrons. The van der Waals surface area contributed by atoms with Gasteiger partial charge in [-0.1, -0.05) is 29.8 Å². The topological polar surface area (TPSA) is 51.5 Å². The van der Waals surface area contributed by atoms with Gasteiger partial charge in [-0.25, -0.2) is 0 Å². The average Bonchev–Trinajstić information content (AvgIpc) is 3.06. The van der Waals surface area contributed by atoms with Crippen LogP contribution in [0.1, 0.15) is 27.4 Å². The lowest BCUT2D eigenvalue weighted by Gasteiger charge is -2.09. The molecule has 1 aromatic heterocycles. The lowest BCUT2D eigenvalue weighted by Crippen LogP contribution is -2.12. The number of nitrogens with one attached hydrogen (secondary N) is 1. The summed E-state index contributed by atoms with van der Waals surface area (Å²) in [6.45, 7) is 4.19. The van der Waals surface area contributed by atoms with E-state index >= 15 is 0 Å². The summed E-state index contributed by atoms with van der Waals surface area (Å²) < 4.78 is 11.2. The molecule has 0 radical (unpaired) electrons. The van der Waals surface area contributed by atoms with Crippen molar-refractivity contribution in [2.45, 2.75) is 20.5 Å². The van der Waals surface area contributed by atoms with Crippen LogP contribution in [0, 0.1) is 13.8 Å². The van der Waals surface area contributed by atoms with Gasteiger partial charge in [-0.2, -0.15) is 0 Å². The first-order valence-corrected chi connectivity index (χ1v) is 8.25. The standard InChI is InChI=1S/C20H18ClNO3/c1-13-5-3-8-18(14(13)2)22-20(23)19-10-9-17(25-19)12-24-16-7-4-6-15(21)11-16/h3-11H,12H2,1-2H3,(H,22,23). The zero-order valence-electron chi connectivity index (χ0n) is 14.0. The number of aryl methyl sites for hydroxylation is 1. The highest BCUT2D eigenvalue weighted by atomic mass is 35.5. The van der Waals surface area contributed by atoms with Crippen LogP contribution in [0.4, 0.5) is 5.69 Å². The molecule has 3 rings (SSSR count). The van der Waals surface area contributed by atoms with Crippen molar-refractivity contribution in [3.63, 3.8) is 0 Å². The highest BCUT2D eigenvalue weighted by Crippen LogP contribution is 2.21. The van der Waals surface area contributed by atoms with E-state index in [1.807, 2.05) is 44.2 Å². The molecule has 1 N–H and O–H groups in total. The van der Waals surface area contributed by atoms with E-state index < -0.39 is 0 Å². The molecule has 0 aliphatic heterocycles. The summed E-state index contributed by atoms with van der Waals surface area (Å²) in [7, 11) is 0. The van der Waals surface area contributed by atoms with E-state index in [4.69, 9.17) is 20.8 Å². The number of rotatable bonds is 5. The van der Waals surface area contributed by atoms with Crippen LogP contribution in [0.5, 0.6) is 5.75 Å². The van der Waals surface area contributed by atoms with Crippen LogP contribution in [-0.2, 0) is 6.61 Å². The number of ether oxygens (including phenoxy) is 1. The van der Waals surface area contributed by atoms with Gasteiger partial charge in [-0.15, -0.1) is 0 Å². The third-order valence-corrected chi connectivity index (χ3v) is 4.15. The molecule has 2 aromatic carbocycles. The third-order valence-electron chi connectivity index (χ3n) is 3.92. The van der Waals surface area contributed by atoms with Crippen LogP contribution in [0.2, 0.25) is 5.02 Å². The lowest BCUT2D eigenvalue weighted by molar-refractivity contribution is 0.0992. The monoisotopic (exact) mass is 355 g/mol. The van der Waals surface area contributed by atoms with Gasteiger partial charge in [0.05, 0.1) is 0 Å². The van der Waals surface area contributed by atoms with Crippen LogP contribution in [0.25, 0.3) is 0 Å². The molecule has 0 aliphatic carbocycles. The van der Waals surface area contributed by atoms with E-state index in [1.165, 1.54) is 0 Å². The molecule has 0 atom stereocenters. The van der Waals surface area contributed by atoms with E-state index in [9.17, 15) is 4.79 Å². The molecule has 0 fully saturated rings. The van der Waals surface area contributed by atoms with E-state index in [2.05, 4.69) is 5.32 Å². The van der Waals surface area contributed by atoms with Gasteiger partial charge in [0.2, 0.25) is 0 Å². The Bertz CT molecular complexity index is 901. The maximum atomic E-state index is 12.3. The average molecular weight is 356 g/mol. The highest BCUT2D eigenvalue weighted by molar-refractivity contribution is 6.30. The molecule has 0 saturated carbocycles. The van der Waals surface area contributed by atoms with Crippen molar-refractivity contribution in [1.82, 2.24) is 0 Å². The number of halogens is 1. The van der Waals surface area contributed by atoms with E-state index in [0.717, 1.165) is 16.8 Å². The van der Waals surface area contributed by atoms with E-state index in [1.54, 1.807) is 24.3 Å². The Labute approximate surface area is 151 Å². The minimum atomic E-state index is -0.289. The number of carbonyl (C=O) groups excluding carboxylic acids is 1. The second kappa shape index (κ2) is 7.45. The van der Waals surface area contributed by atoms with Crippen molar-refractivity contribution in [3.05, 3.63) is 82.3 Å². The number of hydrogen-bond acceptors (Lipinski definition) is 3. The maximum absolute atomic E-state index is 12.3. The van der Waals surface area contributed by atoms with Crippen LogP contribution >= 0.6 is 11.6 Å². The molecule has 0 saturated heterocycles. The number of hydrogen-bond donors (Lipinski definition) is 1. The van der Waals surface area contributed by atoms with E-state index in [-0.39, 0.29) is 18.3 Å². The minimum Gasteiger partial charge on any atom is -0.486 e. The molecule has 25 heavy (non-hydrogen) atoms. The summed E-state index contributed by atoms with van der Waals surface area (Å²) in [6.07, 6.45) is 0. The lowest BCUT2D eigenvalue weighted by atomic mass is 10.1. The molecule has 4 nitrogen and oxygen atoms in total. The van der Waals surface area contributed by atoms with Crippen molar-refractivity contribution >= 4 is 23.2 Å². The van der Waals surface area contributed by atoms with Gasteiger partial charge in [0.15, 0.2) is 5.76 Å². The molecule has 0 spiro atoms. The summed E-state index contributed by atoms with van der Waals surface area (Å²) in [5.74, 6) is 1.16. The normalized spacial score (nSPS) is 10.5. The number of furan rings is 1. The van der Waals surface area contributed by atoms with Gasteiger partial charge < -0.3 is 14.5 Å². The first-order chi connectivity index (χ1) is 12.0. The fraction of sp³-hybridized carbons (Fsp3) is 0.150. The molecular formula is C20H18ClNO3. The van der Waals surface area contributed by atoms with Crippen LogP contribution < -0.4 is 10.1 Å². The molecule has 1 amide bonds. The number of amides is 1. The van der Waals surface area contributed by atoms with Crippen molar-refractivity contribution < 1.29 is 13.9 Å². The SMILES string of the molecule is Cc1cccc(NC(=O)c2ccc(COc3cccc(Cl)c3)o2)c1C. The first-order valence-electron chi connectivity index (χ1n) is 7.87. The minimum absolute atomic E-state index is 0.219. The van der Waals surface area contributed by atoms with Gasteiger partial charge >= 0.3 is 0 Å². The summed E-state index contributed by atoms with van der Waals surface area (Å²) in [5, 5.41) is 3.47. The molecule has 0 aliphatic rings. The smallest absolute Gasteiger partial charge is 0.291 e. The van der Waals surface area contributed by atoms with Gasteiger partial charge in [0.25, 0.3) is 5.91 Å². The molecule has 3 aromatic rings. The fourth-order valence-electron chi connectivity index (χ4n) is 2.36. The quantitative estimate of drug-likeness (QED) is 0.668. The second-order valence-corrected chi connectivity index (χ2v) is 6.15. The zero-order valence-corrected chi connectivity index (χ0v) is 14.8. The molecule has 1 heterocycles. The third kappa shape index (κ3) is 4.22. The Morgan fingerprint density at radius 1 is 1.12 bits per heavy atom. The Balaban J connectivity index is 1.64. The Morgan fingerprint density at radius 3 is 2.72 bits per heavy atom. The Morgan fingerprint density at radius 2 is 1.92 bits per heavy atom. The van der Waals surface area contributed by atoms with Crippen molar-refractivity contribution in [2.75, 3.05) is 5.32 Å². The summed E-state index contributed by atoms with van der Waals surface area (Å²) in [6, 6.07) is 16.3. The van der Waals surface area contributed by atoms with Crippen LogP contribution in [0.3, 0.4) is 0 Å². The number of carbonyl (C=O) groups is 1. The molecule has 0 unspecified atom stereocenters. The first kappa shape index (κ1) is 17.1. The predicted octanol–water partition coefficient (Wildman–Crippen LogP) is 5.38. The fourth-order valence-corrected chi connectivity index (χ4v) is 2.54. The predicted molar refractivity (Wildman–Crippen MR) is 98.4 cm³/mol. The van der Waals surface area contributed by atoms with Gasteiger partial charge in [-0.3, -0.25) is 4.79 Å². The molecular weight excluding hydrogens is 338 g/mol. The maximum Gasteiger partial charge on any atom is 0.291 e. The highest BCUT2D eigenvalue weighted by Gasteiger charge is 2.13. The summed E-state index contributed by atoms with van der Waals surface area (Å²) >= 11 is 5.92. The number of benzene rings is 2. The van der Waals surface area contributed by atoms with Gasteiger partial charge in [0, 0.05) is 10.7 Å². The van der Waals surface area contributed by atoms with Crippen LogP contribution in [-0.4, -0.2) is 5.91 Å². The number of anilines is 1. The summed E-state index contributed by atoms with van der Waals surface area (Å²) in [5.41, 5.74) is 2.93. The Hall–Kier alpha value is -2.72. The van der Waals surface area contributed by atoms with Crippen LogP contribution in [0.15, 0.2) is 59.0 Å². The molecule has 0 bridgehead atoms. The van der Waals surface area contributed by atoms with Crippen molar-refractivity contribution in [2.24, 2.45) is 0 Å². The van der Waals surface area contributed by atoms with E-state index in [0.29, 0.717) is 16.5 Å². The van der Waals surface area contributed by atoms with Gasteiger partial charge in [0.1, 0.15) is 18.1 Å². The molecule has 5 heteroatoms. The zero-order chi connectivity index (χ0) is 17.8. The second-order valence-electron chi connectivity index (χ2n) is 5.71. The van der Waals surface area contributed by atoms with Gasteiger partial charge in [-0.05, 0) is 61.4 Å². The Kier molecular flexibility index (Phi) is 5.10. The van der Waals surface area contributed by atoms with Crippen molar-refractivity contribution in [3.8, 4) is 5.75 Å². The van der Waals surface area contributed by atoms with Crippen molar-refractivity contribution in [1.29, 1.82) is 0 Å². The summed E-state index contributed by atoms with van der Waals surface area (Å²) in [4.78, 5) is 12.3.